The lowest BCUT2D eigenvalue weighted by Gasteiger charge is -2.31. The number of fused-ring (bicyclic) bond motifs is 1. The quantitative estimate of drug-likeness (QED) is 0.776. The molecule has 2 aliphatic heterocycles. The molecule has 1 aromatic carbocycles. The molecule has 2 aliphatic rings. The third-order valence-corrected chi connectivity index (χ3v) is 5.33. The van der Waals surface area contributed by atoms with E-state index in [9.17, 15) is 14.4 Å². The van der Waals surface area contributed by atoms with Gasteiger partial charge in [-0.2, -0.15) is 0 Å². The summed E-state index contributed by atoms with van der Waals surface area (Å²) < 4.78 is 4.92. The van der Waals surface area contributed by atoms with E-state index in [1.807, 2.05) is 31.2 Å². The van der Waals surface area contributed by atoms with Crippen LogP contribution in [0, 0.1) is 0 Å². The van der Waals surface area contributed by atoms with Crippen molar-refractivity contribution >= 4 is 17.7 Å². The third kappa shape index (κ3) is 3.98. The van der Waals surface area contributed by atoms with Gasteiger partial charge in [-0.3, -0.25) is 14.4 Å². The number of ether oxygens (including phenoxy) is 1. The van der Waals surface area contributed by atoms with Crippen molar-refractivity contribution in [3.63, 3.8) is 0 Å². The monoisotopic (exact) mass is 373 g/mol. The van der Waals surface area contributed by atoms with E-state index in [4.69, 9.17) is 4.74 Å². The molecule has 0 aromatic heterocycles. The SMILES string of the molecule is CC[C@H](C(=O)N1CCCN(C(=O)COC)CC1)N1Cc2ccccc2C1=O. The number of carbonyl (C=O) groups is 3. The minimum Gasteiger partial charge on any atom is -0.375 e. The molecule has 146 valence electrons. The summed E-state index contributed by atoms with van der Waals surface area (Å²) in [5.74, 6) is -0.152. The molecule has 0 spiro atoms. The molecule has 0 N–H and O–H groups in total. The van der Waals surface area contributed by atoms with E-state index in [0.29, 0.717) is 44.7 Å². The standard InChI is InChI=1S/C20H27N3O4/c1-3-17(23-13-15-7-4-5-8-16(15)19(23)25)20(26)22-10-6-9-21(11-12-22)18(24)14-27-2/h4-5,7-8,17H,3,6,9-14H2,1-2H3/t17-/m1/s1. The van der Waals surface area contributed by atoms with Crippen LogP contribution in [0.5, 0.6) is 0 Å². The predicted molar refractivity (Wildman–Crippen MR) is 100 cm³/mol. The highest BCUT2D eigenvalue weighted by molar-refractivity contribution is 6.01. The zero-order valence-electron chi connectivity index (χ0n) is 16.0. The second-order valence-corrected chi connectivity index (χ2v) is 7.01. The molecule has 0 unspecified atom stereocenters. The summed E-state index contributed by atoms with van der Waals surface area (Å²) in [6, 6.07) is 7.06. The summed E-state index contributed by atoms with van der Waals surface area (Å²) in [6.07, 6.45) is 1.30. The molecule has 0 aliphatic carbocycles. The van der Waals surface area contributed by atoms with Crippen molar-refractivity contribution in [1.29, 1.82) is 0 Å². The lowest BCUT2D eigenvalue weighted by Crippen LogP contribution is -2.49. The van der Waals surface area contributed by atoms with Gasteiger partial charge in [0, 0.05) is 45.4 Å². The van der Waals surface area contributed by atoms with Crippen LogP contribution in [0.3, 0.4) is 0 Å². The summed E-state index contributed by atoms with van der Waals surface area (Å²) in [4.78, 5) is 43.2. The average Bonchev–Trinajstić information content (AvgIpc) is 2.86. The smallest absolute Gasteiger partial charge is 0.255 e. The van der Waals surface area contributed by atoms with E-state index < -0.39 is 6.04 Å². The second-order valence-electron chi connectivity index (χ2n) is 7.01. The molecule has 1 aromatic rings. The molecule has 1 saturated heterocycles. The number of nitrogens with zero attached hydrogens (tertiary/aromatic N) is 3. The van der Waals surface area contributed by atoms with Crippen molar-refractivity contribution in [2.45, 2.75) is 32.4 Å². The topological polar surface area (TPSA) is 70.2 Å². The van der Waals surface area contributed by atoms with E-state index in [0.717, 1.165) is 12.0 Å². The van der Waals surface area contributed by atoms with Gasteiger partial charge in [0.25, 0.3) is 5.91 Å². The molecule has 0 saturated carbocycles. The lowest BCUT2D eigenvalue weighted by atomic mass is 10.1. The van der Waals surface area contributed by atoms with E-state index in [-0.39, 0.29) is 24.3 Å². The van der Waals surface area contributed by atoms with Crippen LogP contribution in [-0.2, 0) is 20.9 Å². The average molecular weight is 373 g/mol. The maximum atomic E-state index is 13.2. The van der Waals surface area contributed by atoms with Crippen LogP contribution in [0.4, 0.5) is 0 Å². The Hall–Kier alpha value is -2.41. The second kappa shape index (κ2) is 8.52. The Morgan fingerprint density at radius 1 is 1.11 bits per heavy atom. The first-order valence-electron chi connectivity index (χ1n) is 9.51. The third-order valence-electron chi connectivity index (χ3n) is 5.33. The van der Waals surface area contributed by atoms with Crippen LogP contribution >= 0.6 is 0 Å². The Morgan fingerprint density at radius 2 is 1.81 bits per heavy atom. The lowest BCUT2D eigenvalue weighted by molar-refractivity contribution is -0.138. The van der Waals surface area contributed by atoms with Crippen LogP contribution in [0.25, 0.3) is 0 Å². The Morgan fingerprint density at radius 3 is 2.52 bits per heavy atom. The minimum absolute atomic E-state index is 0.0281. The van der Waals surface area contributed by atoms with Crippen LogP contribution in [-0.4, -0.2) is 78.4 Å². The van der Waals surface area contributed by atoms with Crippen molar-refractivity contribution in [3.05, 3.63) is 35.4 Å². The highest BCUT2D eigenvalue weighted by Crippen LogP contribution is 2.26. The van der Waals surface area contributed by atoms with Gasteiger partial charge in [0.05, 0.1) is 0 Å². The number of amides is 3. The van der Waals surface area contributed by atoms with Gasteiger partial charge in [-0.1, -0.05) is 25.1 Å². The Bertz CT molecular complexity index is 721. The van der Waals surface area contributed by atoms with Gasteiger partial charge in [0.1, 0.15) is 12.6 Å². The zero-order valence-corrected chi connectivity index (χ0v) is 16.0. The Balaban J connectivity index is 1.67. The first kappa shape index (κ1) is 19.4. The van der Waals surface area contributed by atoms with Gasteiger partial charge in [0.15, 0.2) is 0 Å². The summed E-state index contributed by atoms with van der Waals surface area (Å²) in [6.45, 7) is 4.68. The van der Waals surface area contributed by atoms with Gasteiger partial charge >= 0.3 is 0 Å². The maximum Gasteiger partial charge on any atom is 0.255 e. The highest BCUT2D eigenvalue weighted by Gasteiger charge is 2.37. The summed E-state index contributed by atoms with van der Waals surface area (Å²) >= 11 is 0. The number of methoxy groups -OCH3 is 1. The van der Waals surface area contributed by atoms with Gasteiger partial charge < -0.3 is 19.4 Å². The molecule has 27 heavy (non-hydrogen) atoms. The molecular formula is C20H27N3O4. The van der Waals surface area contributed by atoms with Gasteiger partial charge in [-0.05, 0) is 24.5 Å². The van der Waals surface area contributed by atoms with E-state index in [2.05, 4.69) is 0 Å². The van der Waals surface area contributed by atoms with Gasteiger partial charge in [-0.25, -0.2) is 0 Å². The molecule has 3 amide bonds. The molecular weight excluding hydrogens is 346 g/mol. The number of hydrogen-bond acceptors (Lipinski definition) is 4. The molecule has 7 nitrogen and oxygen atoms in total. The van der Waals surface area contributed by atoms with Crippen molar-refractivity contribution in [2.75, 3.05) is 39.9 Å². The number of carbonyl (C=O) groups excluding carboxylic acids is 3. The number of hydrogen-bond donors (Lipinski definition) is 0. The molecule has 1 fully saturated rings. The first-order valence-corrected chi connectivity index (χ1v) is 9.51. The molecule has 7 heteroatoms. The summed E-state index contributed by atoms with van der Waals surface area (Å²) in [5, 5.41) is 0. The van der Waals surface area contributed by atoms with E-state index >= 15 is 0 Å². The van der Waals surface area contributed by atoms with Crippen LogP contribution in [0.1, 0.15) is 35.7 Å². The van der Waals surface area contributed by atoms with Crippen LogP contribution in [0.15, 0.2) is 24.3 Å². The molecule has 0 bridgehead atoms. The molecule has 1 atom stereocenters. The normalized spacial score (nSPS) is 18.3. The molecule has 0 radical (unpaired) electrons. The molecule has 2 heterocycles. The fourth-order valence-corrected chi connectivity index (χ4v) is 3.87. The maximum absolute atomic E-state index is 13.2. The minimum atomic E-state index is -0.467. The van der Waals surface area contributed by atoms with Crippen molar-refractivity contribution in [3.8, 4) is 0 Å². The molecule has 3 rings (SSSR count). The predicted octanol–water partition coefficient (Wildman–Crippen LogP) is 1.13. The van der Waals surface area contributed by atoms with E-state index in [1.54, 1.807) is 14.7 Å². The fourth-order valence-electron chi connectivity index (χ4n) is 3.87. The number of rotatable bonds is 5. The van der Waals surface area contributed by atoms with Crippen molar-refractivity contribution in [2.24, 2.45) is 0 Å². The van der Waals surface area contributed by atoms with Crippen LogP contribution in [0.2, 0.25) is 0 Å². The van der Waals surface area contributed by atoms with Gasteiger partial charge in [0.2, 0.25) is 11.8 Å². The summed E-state index contributed by atoms with van der Waals surface area (Å²) in [5.41, 5.74) is 1.66. The van der Waals surface area contributed by atoms with Crippen molar-refractivity contribution < 1.29 is 19.1 Å². The van der Waals surface area contributed by atoms with E-state index in [1.165, 1.54) is 7.11 Å². The highest BCUT2D eigenvalue weighted by atomic mass is 16.5. The fraction of sp³-hybridized carbons (Fsp3) is 0.550. The first-order chi connectivity index (χ1) is 13.1. The van der Waals surface area contributed by atoms with Crippen LogP contribution < -0.4 is 0 Å². The number of benzene rings is 1. The largest absolute Gasteiger partial charge is 0.375 e. The van der Waals surface area contributed by atoms with Gasteiger partial charge in [-0.15, -0.1) is 0 Å². The summed E-state index contributed by atoms with van der Waals surface area (Å²) in [7, 11) is 1.50. The Labute approximate surface area is 159 Å². The Kier molecular flexibility index (Phi) is 6.11. The van der Waals surface area contributed by atoms with Crippen molar-refractivity contribution in [1.82, 2.24) is 14.7 Å². The zero-order chi connectivity index (χ0) is 19.4.